The molecule has 0 saturated carbocycles. The van der Waals surface area contributed by atoms with E-state index in [2.05, 4.69) is 33.8 Å². The molecule has 1 rings (SSSR count). The van der Waals surface area contributed by atoms with Crippen molar-refractivity contribution in [2.24, 2.45) is 0 Å². The van der Waals surface area contributed by atoms with Gasteiger partial charge in [-0.05, 0) is 19.9 Å². The first-order valence-electron chi connectivity index (χ1n) is 5.66. The summed E-state index contributed by atoms with van der Waals surface area (Å²) in [5.41, 5.74) is 2.16. The minimum absolute atomic E-state index is 0.425. The third-order valence-corrected chi connectivity index (χ3v) is 2.32. The zero-order valence-corrected chi connectivity index (χ0v) is 10.3. The number of methoxy groups -OCH3 is 1. The molecule has 0 aliphatic heterocycles. The molecule has 16 heavy (non-hydrogen) atoms. The summed E-state index contributed by atoms with van der Waals surface area (Å²) in [4.78, 5) is 0. The lowest BCUT2D eigenvalue weighted by molar-refractivity contribution is 0.198. The van der Waals surface area contributed by atoms with Gasteiger partial charge in [0.2, 0.25) is 0 Å². The Kier molecular flexibility index (Phi) is 6.07. The highest BCUT2D eigenvalue weighted by atomic mass is 16.5. The quantitative estimate of drug-likeness (QED) is 0.563. The van der Waals surface area contributed by atoms with Crippen LogP contribution in [0.4, 0.5) is 0 Å². The van der Waals surface area contributed by atoms with Crippen LogP contribution < -0.4 is 10.6 Å². The zero-order valence-electron chi connectivity index (χ0n) is 10.3. The standard InChI is InChI=1S/C11H22N4O/c1-9-6-11(15-14-9)8-13-10(2)7-12-4-5-16-3/h6,10,12-13H,4-5,7-8H2,1-3H3,(H,14,15). The van der Waals surface area contributed by atoms with Crippen LogP contribution in [0, 0.1) is 6.92 Å². The summed E-state index contributed by atoms with van der Waals surface area (Å²) in [6.45, 7) is 7.55. The number of H-pyrrole nitrogens is 1. The number of hydrogen-bond acceptors (Lipinski definition) is 4. The molecule has 1 unspecified atom stereocenters. The third-order valence-electron chi connectivity index (χ3n) is 2.32. The van der Waals surface area contributed by atoms with Crippen LogP contribution in [0.1, 0.15) is 18.3 Å². The summed E-state index contributed by atoms with van der Waals surface area (Å²) < 4.78 is 4.96. The van der Waals surface area contributed by atoms with Gasteiger partial charge in [0.1, 0.15) is 0 Å². The highest BCUT2D eigenvalue weighted by Crippen LogP contribution is 1.97. The first-order chi connectivity index (χ1) is 7.72. The largest absolute Gasteiger partial charge is 0.383 e. The summed E-state index contributed by atoms with van der Waals surface area (Å²) in [7, 11) is 1.71. The second kappa shape index (κ2) is 7.38. The molecule has 1 aromatic rings. The Morgan fingerprint density at radius 3 is 3.00 bits per heavy atom. The molecule has 92 valence electrons. The van der Waals surface area contributed by atoms with Crippen LogP contribution in [0.3, 0.4) is 0 Å². The van der Waals surface area contributed by atoms with Crippen molar-refractivity contribution in [1.29, 1.82) is 0 Å². The van der Waals surface area contributed by atoms with E-state index in [-0.39, 0.29) is 0 Å². The number of aromatic nitrogens is 2. The van der Waals surface area contributed by atoms with E-state index in [0.29, 0.717) is 6.04 Å². The Balaban J connectivity index is 2.08. The number of aryl methyl sites for hydroxylation is 1. The van der Waals surface area contributed by atoms with Crippen LogP contribution in [0.25, 0.3) is 0 Å². The van der Waals surface area contributed by atoms with Crippen molar-refractivity contribution in [2.45, 2.75) is 26.4 Å². The van der Waals surface area contributed by atoms with Crippen molar-refractivity contribution in [3.63, 3.8) is 0 Å². The number of ether oxygens (including phenoxy) is 1. The second-order valence-corrected chi connectivity index (χ2v) is 4.02. The van der Waals surface area contributed by atoms with Crippen LogP contribution in [-0.2, 0) is 11.3 Å². The number of aromatic amines is 1. The first-order valence-corrected chi connectivity index (χ1v) is 5.66. The topological polar surface area (TPSA) is 62.0 Å². The van der Waals surface area contributed by atoms with Gasteiger partial charge in [-0.3, -0.25) is 5.10 Å². The monoisotopic (exact) mass is 226 g/mol. The molecule has 0 aromatic carbocycles. The molecule has 5 nitrogen and oxygen atoms in total. The zero-order chi connectivity index (χ0) is 11.8. The van der Waals surface area contributed by atoms with Gasteiger partial charge in [0, 0.05) is 38.5 Å². The molecule has 0 aliphatic rings. The SMILES string of the molecule is COCCNCC(C)NCc1cc(C)[nH]n1. The maximum Gasteiger partial charge on any atom is 0.0762 e. The van der Waals surface area contributed by atoms with E-state index in [1.165, 1.54) is 0 Å². The molecular formula is C11H22N4O. The number of nitrogens with zero attached hydrogens (tertiary/aromatic N) is 1. The van der Waals surface area contributed by atoms with Gasteiger partial charge < -0.3 is 15.4 Å². The minimum atomic E-state index is 0.425. The molecule has 5 heteroatoms. The molecule has 0 amide bonds. The lowest BCUT2D eigenvalue weighted by Crippen LogP contribution is -2.37. The van der Waals surface area contributed by atoms with Crippen molar-refractivity contribution < 1.29 is 4.74 Å². The highest BCUT2D eigenvalue weighted by molar-refractivity contribution is 5.06. The van der Waals surface area contributed by atoms with Crippen molar-refractivity contribution in [2.75, 3.05) is 26.8 Å². The van der Waals surface area contributed by atoms with Gasteiger partial charge in [-0.2, -0.15) is 5.10 Å². The molecule has 1 aromatic heterocycles. The first kappa shape index (κ1) is 13.2. The Labute approximate surface area is 97.0 Å². The summed E-state index contributed by atoms with van der Waals surface area (Å²) in [6, 6.07) is 2.48. The molecule has 0 fully saturated rings. The van der Waals surface area contributed by atoms with Crippen LogP contribution in [-0.4, -0.2) is 43.0 Å². The van der Waals surface area contributed by atoms with Crippen molar-refractivity contribution in [3.8, 4) is 0 Å². The smallest absolute Gasteiger partial charge is 0.0762 e. The molecule has 0 saturated heterocycles. The Morgan fingerprint density at radius 1 is 1.56 bits per heavy atom. The van der Waals surface area contributed by atoms with Crippen molar-refractivity contribution >= 4 is 0 Å². The van der Waals surface area contributed by atoms with Crippen molar-refractivity contribution in [1.82, 2.24) is 20.8 Å². The Bertz CT molecular complexity index is 287. The minimum Gasteiger partial charge on any atom is -0.383 e. The van der Waals surface area contributed by atoms with Crippen LogP contribution in [0.2, 0.25) is 0 Å². The van der Waals surface area contributed by atoms with Crippen LogP contribution >= 0.6 is 0 Å². The van der Waals surface area contributed by atoms with E-state index in [9.17, 15) is 0 Å². The van der Waals surface area contributed by atoms with E-state index in [1.807, 2.05) is 6.92 Å². The average Bonchev–Trinajstić information content (AvgIpc) is 2.68. The third kappa shape index (κ3) is 5.25. The lowest BCUT2D eigenvalue weighted by atomic mass is 10.3. The highest BCUT2D eigenvalue weighted by Gasteiger charge is 2.02. The second-order valence-electron chi connectivity index (χ2n) is 4.02. The van der Waals surface area contributed by atoms with Gasteiger partial charge in [0.25, 0.3) is 0 Å². The summed E-state index contributed by atoms with van der Waals surface area (Å²) >= 11 is 0. The normalized spacial score (nSPS) is 12.9. The predicted molar refractivity (Wildman–Crippen MR) is 64.4 cm³/mol. The Hall–Kier alpha value is -0.910. The maximum absolute atomic E-state index is 4.96. The molecule has 3 N–H and O–H groups in total. The van der Waals surface area contributed by atoms with Gasteiger partial charge in [0.05, 0.1) is 12.3 Å². The molecular weight excluding hydrogens is 204 g/mol. The van der Waals surface area contributed by atoms with Gasteiger partial charge >= 0.3 is 0 Å². The maximum atomic E-state index is 4.96. The summed E-state index contributed by atoms with van der Waals surface area (Å²) in [5, 5.41) is 13.8. The number of nitrogens with one attached hydrogen (secondary N) is 3. The average molecular weight is 226 g/mol. The fourth-order valence-corrected chi connectivity index (χ4v) is 1.41. The molecule has 0 radical (unpaired) electrons. The van der Waals surface area contributed by atoms with E-state index in [1.54, 1.807) is 7.11 Å². The van der Waals surface area contributed by atoms with E-state index in [0.717, 1.165) is 37.6 Å². The van der Waals surface area contributed by atoms with Crippen molar-refractivity contribution in [3.05, 3.63) is 17.5 Å². The number of hydrogen-bond donors (Lipinski definition) is 3. The molecule has 0 bridgehead atoms. The summed E-state index contributed by atoms with van der Waals surface area (Å²) in [5.74, 6) is 0. The van der Waals surface area contributed by atoms with E-state index < -0.39 is 0 Å². The number of rotatable bonds is 8. The van der Waals surface area contributed by atoms with Crippen LogP contribution in [0.15, 0.2) is 6.07 Å². The lowest BCUT2D eigenvalue weighted by Gasteiger charge is -2.13. The Morgan fingerprint density at radius 2 is 2.38 bits per heavy atom. The van der Waals surface area contributed by atoms with Crippen LogP contribution in [0.5, 0.6) is 0 Å². The van der Waals surface area contributed by atoms with Gasteiger partial charge in [-0.1, -0.05) is 0 Å². The van der Waals surface area contributed by atoms with E-state index in [4.69, 9.17) is 4.74 Å². The fourth-order valence-electron chi connectivity index (χ4n) is 1.41. The predicted octanol–water partition coefficient (Wildman–Crippen LogP) is 0.432. The summed E-state index contributed by atoms with van der Waals surface area (Å²) in [6.07, 6.45) is 0. The molecule has 1 atom stereocenters. The van der Waals surface area contributed by atoms with Gasteiger partial charge in [-0.25, -0.2) is 0 Å². The van der Waals surface area contributed by atoms with E-state index >= 15 is 0 Å². The molecule has 0 spiro atoms. The molecule has 1 heterocycles. The van der Waals surface area contributed by atoms with Gasteiger partial charge in [0.15, 0.2) is 0 Å². The molecule has 0 aliphatic carbocycles. The van der Waals surface area contributed by atoms with Gasteiger partial charge in [-0.15, -0.1) is 0 Å². The fraction of sp³-hybridized carbons (Fsp3) is 0.727.